The van der Waals surface area contributed by atoms with E-state index in [1.165, 1.54) is 0 Å². The Balaban J connectivity index is 1.62. The van der Waals surface area contributed by atoms with E-state index in [1.54, 1.807) is 21.8 Å². The van der Waals surface area contributed by atoms with Crippen LogP contribution in [0.2, 0.25) is 5.15 Å². The monoisotopic (exact) mass is 426 g/mol. The second kappa shape index (κ2) is 7.45. The molecule has 0 saturated carbocycles. The lowest BCUT2D eigenvalue weighted by molar-refractivity contribution is 0.288. The highest BCUT2D eigenvalue weighted by molar-refractivity contribution is 6.34. The van der Waals surface area contributed by atoms with Crippen LogP contribution in [0.1, 0.15) is 19.0 Å². The molecule has 0 atom stereocenters. The average Bonchev–Trinajstić information content (AvgIpc) is 3.22. The van der Waals surface area contributed by atoms with Crippen LogP contribution in [0.25, 0.3) is 16.7 Å². The van der Waals surface area contributed by atoms with Gasteiger partial charge in [0.05, 0.1) is 24.3 Å². The van der Waals surface area contributed by atoms with Crippen LogP contribution in [-0.2, 0) is 6.54 Å². The van der Waals surface area contributed by atoms with Gasteiger partial charge < -0.3 is 14.8 Å². The quantitative estimate of drug-likeness (QED) is 0.532. The largest absolute Gasteiger partial charge is 0.476 e. The minimum Gasteiger partial charge on any atom is -0.476 e. The van der Waals surface area contributed by atoms with Gasteiger partial charge >= 0.3 is 0 Å². The van der Waals surface area contributed by atoms with Crippen molar-refractivity contribution >= 4 is 34.3 Å². The first kappa shape index (κ1) is 18.6. The van der Waals surface area contributed by atoms with E-state index < -0.39 is 0 Å². The third-order valence-corrected chi connectivity index (χ3v) is 5.06. The molecule has 1 aliphatic rings. The Morgan fingerprint density at radius 3 is 3.07 bits per heavy atom. The van der Waals surface area contributed by atoms with Gasteiger partial charge in [0.2, 0.25) is 11.8 Å². The van der Waals surface area contributed by atoms with Crippen molar-refractivity contribution in [1.82, 2.24) is 34.5 Å². The molecule has 0 unspecified atom stereocenters. The van der Waals surface area contributed by atoms with Gasteiger partial charge in [-0.2, -0.15) is 10.1 Å². The number of aryl methyl sites for hydroxylation is 1. The lowest BCUT2D eigenvalue weighted by Crippen LogP contribution is -2.07. The summed E-state index contributed by atoms with van der Waals surface area (Å²) in [5, 5.41) is 13.4. The first-order valence-electron chi connectivity index (χ1n) is 9.62. The van der Waals surface area contributed by atoms with E-state index in [2.05, 4.69) is 30.5 Å². The highest BCUT2D eigenvalue weighted by Crippen LogP contribution is 2.34. The third-order valence-electron chi connectivity index (χ3n) is 4.78. The summed E-state index contributed by atoms with van der Waals surface area (Å²) in [5.41, 5.74) is 2.90. The number of hydrogen-bond donors (Lipinski definition) is 1. The zero-order valence-corrected chi connectivity index (χ0v) is 17.2. The summed E-state index contributed by atoms with van der Waals surface area (Å²) in [7, 11) is 0. The molecule has 154 valence electrons. The highest BCUT2D eigenvalue weighted by Gasteiger charge is 2.22. The minimum atomic E-state index is 0.388. The van der Waals surface area contributed by atoms with E-state index in [0.29, 0.717) is 59.3 Å². The molecule has 0 radical (unpaired) electrons. The van der Waals surface area contributed by atoms with Gasteiger partial charge in [-0.3, -0.25) is 0 Å². The maximum atomic E-state index is 6.22. The number of ether oxygens (including phenoxy) is 2. The fourth-order valence-corrected chi connectivity index (χ4v) is 3.61. The lowest BCUT2D eigenvalue weighted by Gasteiger charge is -2.10. The fourth-order valence-electron chi connectivity index (χ4n) is 3.38. The number of hydrogen-bond acceptors (Lipinski definition) is 8. The van der Waals surface area contributed by atoms with Gasteiger partial charge in [-0.25, -0.2) is 19.3 Å². The van der Waals surface area contributed by atoms with Crippen molar-refractivity contribution in [1.29, 1.82) is 0 Å². The normalized spacial score (nSPS) is 13.4. The van der Waals surface area contributed by atoms with Gasteiger partial charge in [-0.15, -0.1) is 5.10 Å². The molecule has 4 aromatic rings. The maximum absolute atomic E-state index is 6.22. The van der Waals surface area contributed by atoms with Gasteiger partial charge in [-0.05, 0) is 26.0 Å². The standard InChI is InChI=1S/C19H19ClN8O2/c1-3-29-17-13(6-4-7-21-17)28-11(2)14-18(26-28)30-9-5-8-27-16-12(15(20)25-27)10-22-19(23-14)24-16/h4,6-7,10H,3,5,8-9H2,1-2H3,(H,22,23,24). The fraction of sp³-hybridized carbons (Fsp3) is 0.316. The molecule has 0 aromatic carbocycles. The van der Waals surface area contributed by atoms with E-state index in [9.17, 15) is 0 Å². The summed E-state index contributed by atoms with van der Waals surface area (Å²) in [6.07, 6.45) is 4.07. The van der Waals surface area contributed by atoms with Gasteiger partial charge in [0.15, 0.2) is 10.8 Å². The van der Waals surface area contributed by atoms with Crippen molar-refractivity contribution in [2.24, 2.45) is 0 Å². The Hall–Kier alpha value is -3.40. The summed E-state index contributed by atoms with van der Waals surface area (Å²) in [4.78, 5) is 13.3. The molecule has 0 fully saturated rings. The van der Waals surface area contributed by atoms with Crippen LogP contribution in [0.15, 0.2) is 24.5 Å². The van der Waals surface area contributed by atoms with Crippen molar-refractivity contribution in [3.8, 4) is 17.4 Å². The Morgan fingerprint density at radius 2 is 2.20 bits per heavy atom. The molecular formula is C19H19ClN8O2. The summed E-state index contributed by atoms with van der Waals surface area (Å²) in [5.74, 6) is 1.37. The maximum Gasteiger partial charge on any atom is 0.257 e. The number of fused-ring (bicyclic) bond motifs is 2. The van der Waals surface area contributed by atoms with Crippen molar-refractivity contribution < 1.29 is 9.47 Å². The van der Waals surface area contributed by atoms with Gasteiger partial charge in [-0.1, -0.05) is 11.6 Å². The number of anilines is 2. The average molecular weight is 427 g/mol. The van der Waals surface area contributed by atoms with Crippen LogP contribution in [0, 0.1) is 6.92 Å². The Morgan fingerprint density at radius 1 is 1.30 bits per heavy atom. The highest BCUT2D eigenvalue weighted by atomic mass is 35.5. The van der Waals surface area contributed by atoms with Gasteiger partial charge in [0.1, 0.15) is 11.4 Å². The summed E-state index contributed by atoms with van der Waals surface area (Å²) >= 11 is 6.22. The van der Waals surface area contributed by atoms with Crippen molar-refractivity contribution in [2.45, 2.75) is 26.8 Å². The minimum absolute atomic E-state index is 0.388. The Kier molecular flexibility index (Phi) is 4.62. The summed E-state index contributed by atoms with van der Waals surface area (Å²) < 4.78 is 15.2. The summed E-state index contributed by atoms with van der Waals surface area (Å²) in [6.45, 7) is 5.43. The molecule has 0 aliphatic carbocycles. The van der Waals surface area contributed by atoms with E-state index in [-0.39, 0.29) is 0 Å². The third kappa shape index (κ3) is 3.09. The Bertz CT molecular complexity index is 1230. The molecule has 10 nitrogen and oxygen atoms in total. The van der Waals surface area contributed by atoms with Crippen molar-refractivity contribution in [3.05, 3.63) is 35.4 Å². The first-order chi connectivity index (χ1) is 14.7. The summed E-state index contributed by atoms with van der Waals surface area (Å²) in [6, 6.07) is 3.74. The molecule has 5 rings (SSSR count). The molecule has 0 amide bonds. The predicted octanol–water partition coefficient (Wildman–Crippen LogP) is 3.29. The van der Waals surface area contributed by atoms with Gasteiger partial charge in [0.25, 0.3) is 5.88 Å². The van der Waals surface area contributed by atoms with E-state index >= 15 is 0 Å². The van der Waals surface area contributed by atoms with Crippen LogP contribution < -0.4 is 14.8 Å². The zero-order valence-electron chi connectivity index (χ0n) is 16.5. The Labute approximate surface area is 176 Å². The predicted molar refractivity (Wildman–Crippen MR) is 111 cm³/mol. The number of aromatic nitrogens is 7. The molecule has 1 aliphatic heterocycles. The molecule has 1 N–H and O–H groups in total. The number of halogens is 1. The van der Waals surface area contributed by atoms with Crippen LogP contribution in [-0.4, -0.2) is 47.7 Å². The second-order valence-electron chi connectivity index (χ2n) is 6.71. The van der Waals surface area contributed by atoms with E-state index in [4.69, 9.17) is 21.1 Å². The molecule has 30 heavy (non-hydrogen) atoms. The molecule has 0 spiro atoms. The van der Waals surface area contributed by atoms with Crippen molar-refractivity contribution in [3.63, 3.8) is 0 Å². The molecule has 0 saturated heterocycles. The van der Waals surface area contributed by atoms with Crippen molar-refractivity contribution in [2.75, 3.05) is 18.5 Å². The van der Waals surface area contributed by atoms with Crippen LogP contribution in [0.3, 0.4) is 0 Å². The number of nitrogens with zero attached hydrogens (tertiary/aromatic N) is 7. The zero-order chi connectivity index (χ0) is 20.7. The molecular weight excluding hydrogens is 408 g/mol. The smallest absolute Gasteiger partial charge is 0.257 e. The van der Waals surface area contributed by atoms with Gasteiger partial charge in [0, 0.05) is 25.4 Å². The van der Waals surface area contributed by atoms with Crippen LogP contribution >= 0.6 is 11.6 Å². The van der Waals surface area contributed by atoms with E-state index in [0.717, 1.165) is 17.8 Å². The number of pyridine rings is 1. The van der Waals surface area contributed by atoms with Crippen LogP contribution in [0.5, 0.6) is 11.8 Å². The molecule has 11 heteroatoms. The second-order valence-corrected chi connectivity index (χ2v) is 7.07. The van der Waals surface area contributed by atoms with E-state index in [1.807, 2.05) is 26.0 Å². The topological polar surface area (TPSA) is 105 Å². The lowest BCUT2D eigenvalue weighted by atomic mass is 10.3. The van der Waals surface area contributed by atoms with Crippen LogP contribution in [0.4, 0.5) is 11.6 Å². The molecule has 4 aromatic heterocycles. The number of rotatable bonds is 3. The molecule has 5 heterocycles. The molecule has 2 bridgehead atoms. The SMILES string of the molecule is CCOc1ncccc1-n1nc2c(c1C)Nc1ncc3c(Cl)nn(c3n1)CCCO2. The number of nitrogens with one attached hydrogen (secondary N) is 1. The first-order valence-corrected chi connectivity index (χ1v) is 10.00.